The van der Waals surface area contributed by atoms with Crippen LogP contribution in [-0.4, -0.2) is 42.3 Å². The Bertz CT molecular complexity index is 1090. The smallest absolute Gasteiger partial charge is 0.326 e. The van der Waals surface area contributed by atoms with Crippen LogP contribution in [-0.2, 0) is 20.9 Å². The van der Waals surface area contributed by atoms with Gasteiger partial charge in [-0.3, -0.25) is 19.3 Å². The molecule has 0 spiro atoms. The summed E-state index contributed by atoms with van der Waals surface area (Å²) in [5.74, 6) is -0.883. The number of hydrogen-bond donors (Lipinski definition) is 0. The Morgan fingerprint density at radius 1 is 1.22 bits per heavy atom. The molecule has 1 aliphatic rings. The van der Waals surface area contributed by atoms with Crippen LogP contribution in [0, 0.1) is 5.82 Å². The second-order valence-electron chi connectivity index (χ2n) is 6.48. The molecular weight excluding hydrogens is 505 g/mol. The predicted octanol–water partition coefficient (Wildman–Crippen LogP) is 4.78. The molecule has 1 fully saturated rings. The number of halogens is 2. The van der Waals surface area contributed by atoms with Crippen molar-refractivity contribution in [2.24, 2.45) is 0 Å². The van der Waals surface area contributed by atoms with E-state index in [1.54, 1.807) is 37.3 Å². The first kappa shape index (κ1) is 23.8. The lowest BCUT2D eigenvalue weighted by Gasteiger charge is -2.13. The van der Waals surface area contributed by atoms with Crippen LogP contribution in [0.4, 0.5) is 9.18 Å². The predicted molar refractivity (Wildman–Crippen MR) is 121 cm³/mol. The van der Waals surface area contributed by atoms with Gasteiger partial charge in [-0.25, -0.2) is 4.39 Å². The van der Waals surface area contributed by atoms with Gasteiger partial charge in [-0.1, -0.05) is 34.1 Å². The van der Waals surface area contributed by atoms with Crippen LogP contribution in [0.3, 0.4) is 0 Å². The number of nitrogens with zero attached hydrogens (tertiary/aromatic N) is 1. The van der Waals surface area contributed by atoms with Crippen LogP contribution in [0.15, 0.2) is 45.8 Å². The molecule has 32 heavy (non-hydrogen) atoms. The maximum absolute atomic E-state index is 13.8. The zero-order valence-electron chi connectivity index (χ0n) is 17.2. The average Bonchev–Trinajstić information content (AvgIpc) is 3.02. The SMILES string of the molecule is CCOC(=O)CN1C(=O)S/C(=C/c2cc(OC)c(OCc3ccccc3F)cc2Br)C1=O. The van der Waals surface area contributed by atoms with E-state index in [1.807, 2.05) is 0 Å². The molecule has 0 bridgehead atoms. The third-order valence-corrected chi connectivity index (χ3v) is 5.97. The summed E-state index contributed by atoms with van der Waals surface area (Å²) in [5.41, 5.74) is 0.951. The number of imide groups is 1. The number of rotatable bonds is 8. The first-order valence-electron chi connectivity index (χ1n) is 9.48. The van der Waals surface area contributed by atoms with Gasteiger partial charge in [0.15, 0.2) is 11.5 Å². The summed E-state index contributed by atoms with van der Waals surface area (Å²) >= 11 is 4.15. The molecule has 168 valence electrons. The van der Waals surface area contributed by atoms with Crippen LogP contribution in [0.2, 0.25) is 0 Å². The Labute approximate surface area is 196 Å². The Morgan fingerprint density at radius 3 is 2.66 bits per heavy atom. The molecule has 3 rings (SSSR count). The standard InChI is InChI=1S/C22H19BrFNO6S/c1-3-30-20(26)11-25-21(27)19(32-22(25)28)9-14-8-17(29-2)18(10-15(14)23)31-12-13-6-4-5-7-16(13)24/h4-10H,3,11-12H2,1-2H3/b19-9+. The van der Waals surface area contributed by atoms with Crippen LogP contribution < -0.4 is 9.47 Å². The number of amides is 2. The minimum absolute atomic E-state index is 0.00156. The molecule has 0 radical (unpaired) electrons. The van der Waals surface area contributed by atoms with Crippen LogP contribution in [0.25, 0.3) is 6.08 Å². The second kappa shape index (κ2) is 10.6. The summed E-state index contributed by atoms with van der Waals surface area (Å²) in [7, 11) is 1.45. The molecule has 0 N–H and O–H groups in total. The quantitative estimate of drug-likeness (QED) is 0.363. The monoisotopic (exact) mass is 523 g/mol. The van der Waals surface area contributed by atoms with Crippen molar-refractivity contribution >= 4 is 50.9 Å². The van der Waals surface area contributed by atoms with Gasteiger partial charge >= 0.3 is 5.97 Å². The average molecular weight is 524 g/mol. The van der Waals surface area contributed by atoms with E-state index in [0.717, 1.165) is 16.7 Å². The molecule has 0 unspecified atom stereocenters. The first-order valence-corrected chi connectivity index (χ1v) is 11.1. The fraction of sp³-hybridized carbons (Fsp3) is 0.227. The number of hydrogen-bond acceptors (Lipinski definition) is 7. The number of methoxy groups -OCH3 is 1. The fourth-order valence-electron chi connectivity index (χ4n) is 2.82. The summed E-state index contributed by atoms with van der Waals surface area (Å²) in [6.07, 6.45) is 1.52. The van der Waals surface area contributed by atoms with E-state index in [9.17, 15) is 18.8 Å². The Morgan fingerprint density at radius 2 is 1.97 bits per heavy atom. The van der Waals surface area contributed by atoms with Gasteiger partial charge in [0.2, 0.25) is 0 Å². The third-order valence-electron chi connectivity index (χ3n) is 4.38. The molecule has 2 amide bonds. The van der Waals surface area contributed by atoms with E-state index in [2.05, 4.69) is 15.9 Å². The highest BCUT2D eigenvalue weighted by Crippen LogP contribution is 2.38. The van der Waals surface area contributed by atoms with Crippen molar-refractivity contribution in [2.45, 2.75) is 13.5 Å². The maximum Gasteiger partial charge on any atom is 0.326 e. The lowest BCUT2D eigenvalue weighted by Crippen LogP contribution is -2.34. The van der Waals surface area contributed by atoms with Crippen molar-refractivity contribution in [1.82, 2.24) is 4.90 Å². The molecule has 1 saturated heterocycles. The van der Waals surface area contributed by atoms with Crippen molar-refractivity contribution in [3.05, 3.63) is 62.7 Å². The van der Waals surface area contributed by atoms with Gasteiger partial charge in [0.1, 0.15) is 19.0 Å². The molecule has 0 aliphatic carbocycles. The number of carbonyl (C=O) groups excluding carboxylic acids is 3. The molecule has 1 heterocycles. The highest BCUT2D eigenvalue weighted by molar-refractivity contribution is 9.10. The van der Waals surface area contributed by atoms with E-state index in [4.69, 9.17) is 14.2 Å². The summed E-state index contributed by atoms with van der Waals surface area (Å²) in [6, 6.07) is 9.54. The number of carbonyl (C=O) groups is 3. The molecule has 2 aromatic carbocycles. The molecule has 1 aliphatic heterocycles. The van der Waals surface area contributed by atoms with Crippen LogP contribution >= 0.6 is 27.7 Å². The van der Waals surface area contributed by atoms with Crippen molar-refractivity contribution in [1.29, 1.82) is 0 Å². The minimum Gasteiger partial charge on any atom is -0.493 e. The number of ether oxygens (including phenoxy) is 3. The van der Waals surface area contributed by atoms with Gasteiger partial charge in [0.25, 0.3) is 11.1 Å². The van der Waals surface area contributed by atoms with Crippen molar-refractivity contribution < 1.29 is 33.0 Å². The number of benzene rings is 2. The first-order chi connectivity index (χ1) is 15.3. The summed E-state index contributed by atoms with van der Waals surface area (Å²) < 4.78 is 30.3. The number of thioether (sulfide) groups is 1. The lowest BCUT2D eigenvalue weighted by atomic mass is 10.1. The van der Waals surface area contributed by atoms with Gasteiger partial charge in [-0.05, 0) is 48.5 Å². The van der Waals surface area contributed by atoms with Crippen molar-refractivity contribution in [2.75, 3.05) is 20.3 Å². The fourth-order valence-corrected chi connectivity index (χ4v) is 4.08. The van der Waals surface area contributed by atoms with Crippen LogP contribution in [0.1, 0.15) is 18.1 Å². The minimum atomic E-state index is -0.657. The summed E-state index contributed by atoms with van der Waals surface area (Å²) in [6.45, 7) is 1.36. The largest absolute Gasteiger partial charge is 0.493 e. The van der Waals surface area contributed by atoms with Gasteiger partial charge in [0.05, 0.1) is 18.6 Å². The molecular formula is C22H19BrFNO6S. The van der Waals surface area contributed by atoms with E-state index in [-0.39, 0.29) is 23.9 Å². The zero-order valence-corrected chi connectivity index (χ0v) is 19.6. The van der Waals surface area contributed by atoms with Crippen molar-refractivity contribution in [3.8, 4) is 11.5 Å². The van der Waals surface area contributed by atoms with E-state index in [1.165, 1.54) is 19.3 Å². The normalized spacial score (nSPS) is 14.8. The van der Waals surface area contributed by atoms with E-state index >= 15 is 0 Å². The summed E-state index contributed by atoms with van der Waals surface area (Å²) in [5, 5.41) is -0.553. The van der Waals surface area contributed by atoms with Gasteiger partial charge in [0, 0.05) is 10.0 Å². The number of esters is 1. The van der Waals surface area contributed by atoms with Gasteiger partial charge in [-0.2, -0.15) is 0 Å². The lowest BCUT2D eigenvalue weighted by molar-refractivity contribution is -0.145. The highest BCUT2D eigenvalue weighted by atomic mass is 79.9. The maximum atomic E-state index is 13.8. The molecule has 10 heteroatoms. The Balaban J connectivity index is 1.80. The summed E-state index contributed by atoms with van der Waals surface area (Å²) in [4.78, 5) is 37.4. The van der Waals surface area contributed by atoms with Gasteiger partial charge in [-0.15, -0.1) is 0 Å². The highest BCUT2D eigenvalue weighted by Gasteiger charge is 2.36. The Hall–Kier alpha value is -2.85. The molecule has 0 saturated carbocycles. The molecule has 0 atom stereocenters. The molecule has 0 aromatic heterocycles. The van der Waals surface area contributed by atoms with Crippen LogP contribution in [0.5, 0.6) is 11.5 Å². The third kappa shape index (κ3) is 5.49. The van der Waals surface area contributed by atoms with E-state index < -0.39 is 23.7 Å². The Kier molecular flexibility index (Phi) is 7.92. The van der Waals surface area contributed by atoms with Crippen molar-refractivity contribution in [3.63, 3.8) is 0 Å². The topological polar surface area (TPSA) is 82.1 Å². The zero-order chi connectivity index (χ0) is 23.3. The second-order valence-corrected chi connectivity index (χ2v) is 8.33. The molecule has 7 nitrogen and oxygen atoms in total. The molecule has 2 aromatic rings. The van der Waals surface area contributed by atoms with Gasteiger partial charge < -0.3 is 14.2 Å². The van der Waals surface area contributed by atoms with E-state index in [0.29, 0.717) is 27.1 Å².